The van der Waals surface area contributed by atoms with Gasteiger partial charge in [-0.3, -0.25) is 14.9 Å². The Bertz CT molecular complexity index is 688. The molecule has 18 heavy (non-hydrogen) atoms. The molecule has 2 rings (SSSR count). The van der Waals surface area contributed by atoms with Crippen molar-refractivity contribution < 1.29 is 9.59 Å². The SMILES string of the molecule is CCC(=O)C(=O)Nc1nc2ncn(C)c(=S)n2n1. The van der Waals surface area contributed by atoms with Crippen LogP contribution >= 0.6 is 12.2 Å². The maximum absolute atomic E-state index is 11.4. The van der Waals surface area contributed by atoms with Crippen molar-refractivity contribution in [3.63, 3.8) is 0 Å². The fourth-order valence-corrected chi connectivity index (χ4v) is 1.41. The van der Waals surface area contributed by atoms with Crippen LogP contribution in [0.15, 0.2) is 6.33 Å². The van der Waals surface area contributed by atoms with Gasteiger partial charge in [-0.15, -0.1) is 5.10 Å². The van der Waals surface area contributed by atoms with Gasteiger partial charge in [0, 0.05) is 13.5 Å². The Morgan fingerprint density at radius 3 is 2.89 bits per heavy atom. The number of anilines is 1. The van der Waals surface area contributed by atoms with Gasteiger partial charge in [0.05, 0.1) is 0 Å². The van der Waals surface area contributed by atoms with Crippen LogP contribution in [-0.4, -0.2) is 35.8 Å². The van der Waals surface area contributed by atoms with Gasteiger partial charge < -0.3 is 4.57 Å². The summed E-state index contributed by atoms with van der Waals surface area (Å²) in [4.78, 5) is 30.4. The molecule has 0 aromatic carbocycles. The number of carbonyl (C=O) groups excluding carboxylic acids is 2. The zero-order chi connectivity index (χ0) is 13.3. The van der Waals surface area contributed by atoms with Crippen molar-refractivity contribution in [3.05, 3.63) is 11.1 Å². The highest BCUT2D eigenvalue weighted by atomic mass is 32.1. The Hall–Kier alpha value is -2.16. The molecule has 1 N–H and O–H groups in total. The Labute approximate surface area is 107 Å². The number of rotatable bonds is 3. The third kappa shape index (κ3) is 2.12. The third-order valence-electron chi connectivity index (χ3n) is 2.22. The summed E-state index contributed by atoms with van der Waals surface area (Å²) in [6, 6.07) is 0. The third-order valence-corrected chi connectivity index (χ3v) is 2.68. The second-order valence-electron chi connectivity index (χ2n) is 3.52. The molecule has 0 saturated heterocycles. The van der Waals surface area contributed by atoms with Crippen molar-refractivity contribution in [2.24, 2.45) is 7.05 Å². The van der Waals surface area contributed by atoms with E-state index >= 15 is 0 Å². The number of aryl methyl sites for hydroxylation is 1. The molecule has 0 bridgehead atoms. The van der Waals surface area contributed by atoms with E-state index in [1.807, 2.05) is 0 Å². The van der Waals surface area contributed by atoms with Crippen LogP contribution in [0.5, 0.6) is 0 Å². The van der Waals surface area contributed by atoms with Gasteiger partial charge in [0.25, 0.3) is 17.6 Å². The summed E-state index contributed by atoms with van der Waals surface area (Å²) in [6.45, 7) is 1.60. The number of aromatic nitrogens is 5. The molecule has 9 heteroatoms. The van der Waals surface area contributed by atoms with Gasteiger partial charge in [0.1, 0.15) is 6.33 Å². The number of Topliss-reactive ketones (excluding diaryl/α,β-unsaturated/α-hetero) is 1. The zero-order valence-corrected chi connectivity index (χ0v) is 10.6. The highest BCUT2D eigenvalue weighted by molar-refractivity contribution is 7.71. The first-order valence-corrected chi connectivity index (χ1v) is 5.56. The monoisotopic (exact) mass is 266 g/mol. The zero-order valence-electron chi connectivity index (χ0n) is 9.75. The minimum Gasteiger partial charge on any atom is -0.311 e. The number of fused-ring (bicyclic) bond motifs is 1. The normalized spacial score (nSPS) is 10.6. The van der Waals surface area contributed by atoms with E-state index < -0.39 is 11.7 Å². The molecular weight excluding hydrogens is 256 g/mol. The maximum atomic E-state index is 11.4. The van der Waals surface area contributed by atoms with Gasteiger partial charge >= 0.3 is 0 Å². The standard InChI is InChI=1S/C9H10N6O2S/c1-3-5(16)6(17)11-7-12-8-10-4-14(2)9(18)15(8)13-7/h4H,3H2,1-2H3,(H,11,13,17). The van der Waals surface area contributed by atoms with Crippen LogP contribution < -0.4 is 5.32 Å². The van der Waals surface area contributed by atoms with E-state index in [2.05, 4.69) is 20.4 Å². The Balaban J connectivity index is 2.37. The molecule has 0 fully saturated rings. The lowest BCUT2D eigenvalue weighted by Gasteiger charge is -1.96. The predicted molar refractivity (Wildman–Crippen MR) is 64.5 cm³/mol. The van der Waals surface area contributed by atoms with Gasteiger partial charge in [-0.25, -0.2) is 4.98 Å². The second kappa shape index (κ2) is 4.61. The highest BCUT2D eigenvalue weighted by Gasteiger charge is 2.14. The summed E-state index contributed by atoms with van der Waals surface area (Å²) < 4.78 is 3.27. The van der Waals surface area contributed by atoms with Crippen molar-refractivity contribution in [3.8, 4) is 0 Å². The van der Waals surface area contributed by atoms with Crippen LogP contribution in [0.3, 0.4) is 0 Å². The number of hydrogen-bond donors (Lipinski definition) is 1. The number of hydrogen-bond acceptors (Lipinski definition) is 6. The van der Waals surface area contributed by atoms with E-state index in [0.717, 1.165) is 0 Å². The fourth-order valence-electron chi connectivity index (χ4n) is 1.24. The van der Waals surface area contributed by atoms with Crippen molar-refractivity contribution in [1.29, 1.82) is 0 Å². The number of nitrogens with zero attached hydrogens (tertiary/aromatic N) is 5. The van der Waals surface area contributed by atoms with E-state index in [-0.39, 0.29) is 18.1 Å². The largest absolute Gasteiger partial charge is 0.311 e. The smallest absolute Gasteiger partial charge is 0.294 e. The predicted octanol–water partition coefficient (Wildman–Crippen LogP) is 0.110. The number of carbonyl (C=O) groups is 2. The second-order valence-corrected chi connectivity index (χ2v) is 3.88. The Kier molecular flexibility index (Phi) is 3.15. The van der Waals surface area contributed by atoms with Gasteiger partial charge in [-0.05, 0) is 12.2 Å². The summed E-state index contributed by atoms with van der Waals surface area (Å²) in [7, 11) is 1.72. The molecule has 0 atom stereocenters. The first-order chi connectivity index (χ1) is 8.52. The topological polar surface area (TPSA) is 94.2 Å². The van der Waals surface area contributed by atoms with Crippen LogP contribution in [0.2, 0.25) is 0 Å². The number of nitrogens with one attached hydrogen (secondary N) is 1. The summed E-state index contributed by atoms with van der Waals surface area (Å²) in [5.74, 6) is -1.02. The summed E-state index contributed by atoms with van der Waals surface area (Å²) >= 11 is 5.10. The molecule has 2 aromatic heterocycles. The van der Waals surface area contributed by atoms with Crippen molar-refractivity contribution in [2.45, 2.75) is 13.3 Å². The lowest BCUT2D eigenvalue weighted by Crippen LogP contribution is -2.22. The van der Waals surface area contributed by atoms with Gasteiger partial charge in [-0.1, -0.05) is 6.92 Å². The molecule has 94 valence electrons. The van der Waals surface area contributed by atoms with Gasteiger partial charge in [-0.2, -0.15) is 9.50 Å². The van der Waals surface area contributed by atoms with E-state index in [4.69, 9.17) is 12.2 Å². The fraction of sp³-hybridized carbons (Fsp3) is 0.333. The number of ketones is 1. The van der Waals surface area contributed by atoms with E-state index in [0.29, 0.717) is 4.77 Å². The Morgan fingerprint density at radius 2 is 2.22 bits per heavy atom. The average molecular weight is 266 g/mol. The molecule has 0 saturated carbocycles. The first kappa shape index (κ1) is 12.3. The number of amides is 1. The first-order valence-electron chi connectivity index (χ1n) is 5.15. The highest BCUT2D eigenvalue weighted by Crippen LogP contribution is 2.03. The minimum atomic E-state index is -0.747. The van der Waals surface area contributed by atoms with Crippen LogP contribution in [-0.2, 0) is 16.6 Å². The van der Waals surface area contributed by atoms with Crippen molar-refractivity contribution >= 4 is 35.6 Å². The lowest BCUT2D eigenvalue weighted by molar-refractivity contribution is -0.134. The molecule has 1 amide bonds. The minimum absolute atomic E-state index is 0.00611. The molecule has 0 unspecified atom stereocenters. The van der Waals surface area contributed by atoms with Crippen LogP contribution in [0.4, 0.5) is 5.95 Å². The quantitative estimate of drug-likeness (QED) is 0.626. The molecule has 0 aliphatic carbocycles. The maximum Gasteiger partial charge on any atom is 0.294 e. The van der Waals surface area contributed by atoms with Crippen molar-refractivity contribution in [1.82, 2.24) is 24.1 Å². The molecule has 2 aromatic rings. The van der Waals surface area contributed by atoms with Crippen LogP contribution in [0.1, 0.15) is 13.3 Å². The van der Waals surface area contributed by atoms with E-state index in [9.17, 15) is 9.59 Å². The van der Waals surface area contributed by atoms with Gasteiger partial charge in [0.15, 0.2) is 0 Å². The lowest BCUT2D eigenvalue weighted by atomic mass is 10.3. The molecule has 0 aliphatic rings. The molecule has 0 radical (unpaired) electrons. The van der Waals surface area contributed by atoms with Crippen LogP contribution in [0, 0.1) is 4.77 Å². The molecule has 2 heterocycles. The summed E-state index contributed by atoms with van der Waals surface area (Å²) in [5, 5.41) is 6.27. The molecular formula is C9H10N6O2S. The van der Waals surface area contributed by atoms with Crippen LogP contribution in [0.25, 0.3) is 5.78 Å². The Morgan fingerprint density at radius 1 is 1.50 bits per heavy atom. The molecule has 0 spiro atoms. The van der Waals surface area contributed by atoms with Crippen molar-refractivity contribution in [2.75, 3.05) is 5.32 Å². The van der Waals surface area contributed by atoms with Gasteiger partial charge in [0.2, 0.25) is 10.6 Å². The summed E-state index contributed by atoms with van der Waals surface area (Å²) in [5.41, 5.74) is 0. The molecule has 0 aliphatic heterocycles. The van der Waals surface area contributed by atoms with E-state index in [1.54, 1.807) is 18.5 Å². The molecule has 8 nitrogen and oxygen atoms in total. The van der Waals surface area contributed by atoms with E-state index in [1.165, 1.54) is 10.8 Å². The average Bonchev–Trinajstić information content (AvgIpc) is 2.76. The summed E-state index contributed by atoms with van der Waals surface area (Å²) in [6.07, 6.45) is 1.62.